The van der Waals surface area contributed by atoms with Crippen LogP contribution in [0.15, 0.2) is 158 Å². The van der Waals surface area contributed by atoms with Gasteiger partial charge in [-0.25, -0.2) is 9.97 Å². The van der Waals surface area contributed by atoms with Crippen LogP contribution in [0.3, 0.4) is 0 Å². The van der Waals surface area contributed by atoms with Crippen LogP contribution in [-0.4, -0.2) is 9.97 Å². The molecule has 2 heteroatoms. The fourth-order valence-electron chi connectivity index (χ4n) is 7.24. The second-order valence-electron chi connectivity index (χ2n) is 12.2. The number of benzene rings is 8. The molecule has 0 spiro atoms. The van der Waals surface area contributed by atoms with Gasteiger partial charge < -0.3 is 0 Å². The molecule has 212 valence electrons. The summed E-state index contributed by atoms with van der Waals surface area (Å²) in [6.07, 6.45) is 0. The average Bonchev–Trinajstić information content (AvgIpc) is 3.12. The van der Waals surface area contributed by atoms with Crippen molar-refractivity contribution in [3.8, 4) is 33.6 Å². The van der Waals surface area contributed by atoms with Crippen LogP contribution in [0.25, 0.3) is 98.5 Å². The van der Waals surface area contributed by atoms with Gasteiger partial charge in [0.25, 0.3) is 0 Å². The van der Waals surface area contributed by atoms with Crippen LogP contribution in [0.5, 0.6) is 0 Å². The summed E-state index contributed by atoms with van der Waals surface area (Å²) >= 11 is 0. The summed E-state index contributed by atoms with van der Waals surface area (Å²) in [5.41, 5.74) is 8.58. The minimum absolute atomic E-state index is 0.977. The first-order chi connectivity index (χ1) is 22.7. The molecule has 0 N–H and O–H groups in total. The molecule has 8 aromatic carbocycles. The van der Waals surface area contributed by atoms with E-state index in [0.717, 1.165) is 44.3 Å². The molecule has 0 saturated heterocycles. The van der Waals surface area contributed by atoms with Gasteiger partial charge in [-0.15, -0.1) is 0 Å². The largest absolute Gasteiger partial charge is 0.248 e. The minimum Gasteiger partial charge on any atom is -0.248 e. The molecule has 0 fully saturated rings. The Balaban J connectivity index is 1.03. The van der Waals surface area contributed by atoms with Gasteiger partial charge in [0.2, 0.25) is 0 Å². The lowest BCUT2D eigenvalue weighted by atomic mass is 9.91. The van der Waals surface area contributed by atoms with Gasteiger partial charge in [0.1, 0.15) is 0 Å². The van der Waals surface area contributed by atoms with Gasteiger partial charge in [-0.05, 0) is 96.7 Å². The summed E-state index contributed by atoms with van der Waals surface area (Å²) in [4.78, 5) is 10.2. The van der Waals surface area contributed by atoms with Crippen molar-refractivity contribution in [2.45, 2.75) is 0 Å². The summed E-state index contributed by atoms with van der Waals surface area (Å²) in [5, 5.41) is 12.4. The van der Waals surface area contributed by atoms with Crippen molar-refractivity contribution in [1.29, 1.82) is 0 Å². The van der Waals surface area contributed by atoms with Crippen molar-refractivity contribution < 1.29 is 0 Å². The third kappa shape index (κ3) is 3.90. The van der Waals surface area contributed by atoms with Crippen LogP contribution in [-0.2, 0) is 0 Å². The Hall–Kier alpha value is -6.12. The molecule has 2 aromatic heterocycles. The third-order valence-corrected chi connectivity index (χ3v) is 9.54. The fraction of sp³-hybridized carbons (Fsp3) is 0. The quantitative estimate of drug-likeness (QED) is 0.153. The van der Waals surface area contributed by atoms with Crippen LogP contribution in [0, 0.1) is 0 Å². The van der Waals surface area contributed by atoms with E-state index in [0.29, 0.717) is 0 Å². The van der Waals surface area contributed by atoms with Crippen molar-refractivity contribution in [3.05, 3.63) is 158 Å². The van der Waals surface area contributed by atoms with Crippen molar-refractivity contribution >= 4 is 64.9 Å². The maximum absolute atomic E-state index is 5.17. The molecule has 2 nitrogen and oxygen atoms in total. The molecule has 0 aliphatic rings. The van der Waals surface area contributed by atoms with E-state index in [1.165, 1.54) is 54.2 Å². The minimum atomic E-state index is 0.977. The number of rotatable bonds is 3. The number of fused-ring (bicyclic) bond motifs is 3. The monoisotopic (exact) mass is 582 g/mol. The van der Waals surface area contributed by atoms with Gasteiger partial charge >= 0.3 is 0 Å². The van der Waals surface area contributed by atoms with Crippen LogP contribution >= 0.6 is 0 Å². The highest BCUT2D eigenvalue weighted by molar-refractivity contribution is 6.25. The topological polar surface area (TPSA) is 25.8 Å². The smallest absolute Gasteiger partial charge is 0.0715 e. The second kappa shape index (κ2) is 9.69. The van der Waals surface area contributed by atoms with Gasteiger partial charge in [0.05, 0.1) is 22.4 Å². The summed E-state index contributed by atoms with van der Waals surface area (Å²) in [6.45, 7) is 0. The van der Waals surface area contributed by atoms with E-state index in [2.05, 4.69) is 158 Å². The Kier molecular flexibility index (Phi) is 5.31. The summed E-state index contributed by atoms with van der Waals surface area (Å²) < 4.78 is 0. The molecule has 46 heavy (non-hydrogen) atoms. The molecule has 0 amide bonds. The molecule has 0 bridgehead atoms. The zero-order chi connectivity index (χ0) is 30.2. The molecule has 10 aromatic rings. The van der Waals surface area contributed by atoms with Crippen LogP contribution in [0.2, 0.25) is 0 Å². The zero-order valence-electron chi connectivity index (χ0n) is 24.9. The second-order valence-corrected chi connectivity index (χ2v) is 12.2. The van der Waals surface area contributed by atoms with E-state index in [4.69, 9.17) is 9.97 Å². The molecule has 10 rings (SSSR count). The van der Waals surface area contributed by atoms with Gasteiger partial charge in [-0.1, -0.05) is 115 Å². The van der Waals surface area contributed by atoms with Gasteiger partial charge in [-0.2, -0.15) is 0 Å². The molecule has 0 saturated carbocycles. The SMILES string of the molecule is c1cc(-c2ccc3nc(-c4ccc5ccc6cccc7ccc4c5c67)ccc3c2)cc(-c2ccc3cc4ccccc4cc3n2)c1. The van der Waals surface area contributed by atoms with Gasteiger partial charge in [-0.3, -0.25) is 0 Å². The molecule has 2 heterocycles. The molecule has 0 radical (unpaired) electrons. The lowest BCUT2D eigenvalue weighted by Gasteiger charge is -2.14. The predicted molar refractivity (Wildman–Crippen MR) is 195 cm³/mol. The molecule has 0 unspecified atom stereocenters. The summed E-state index contributed by atoms with van der Waals surface area (Å²) in [7, 11) is 0. The Labute approximate surface area is 265 Å². The molecular formula is C44H26N2. The van der Waals surface area contributed by atoms with Crippen molar-refractivity contribution in [3.63, 3.8) is 0 Å². The highest BCUT2D eigenvalue weighted by Crippen LogP contribution is 2.39. The Morgan fingerprint density at radius 3 is 1.78 bits per heavy atom. The number of hydrogen-bond acceptors (Lipinski definition) is 2. The highest BCUT2D eigenvalue weighted by Gasteiger charge is 2.13. The molecule has 0 aliphatic carbocycles. The van der Waals surface area contributed by atoms with Crippen LogP contribution in [0.1, 0.15) is 0 Å². The number of hydrogen-bond donors (Lipinski definition) is 0. The number of nitrogens with zero attached hydrogens (tertiary/aromatic N) is 2. The van der Waals surface area contributed by atoms with E-state index >= 15 is 0 Å². The first-order valence-corrected chi connectivity index (χ1v) is 15.7. The summed E-state index contributed by atoms with van der Waals surface area (Å²) in [6, 6.07) is 56.7. The maximum Gasteiger partial charge on any atom is 0.0715 e. The average molecular weight is 583 g/mol. The molecular weight excluding hydrogens is 556 g/mol. The van der Waals surface area contributed by atoms with E-state index in [9.17, 15) is 0 Å². The Morgan fingerprint density at radius 1 is 0.304 bits per heavy atom. The standard InChI is InChI=1S/C44H26N2/c1-2-6-32-26-42-36(24-30(32)5-1)16-21-39(46-42)34-10-4-9-31(23-34)33-15-20-40-35(25-33)17-22-41(45-40)37-18-13-29-12-11-27-7-3-8-28-14-19-38(37)44(29)43(27)28/h1-26H. The highest BCUT2D eigenvalue weighted by atomic mass is 14.7. The van der Waals surface area contributed by atoms with Gasteiger partial charge in [0.15, 0.2) is 0 Å². The first-order valence-electron chi connectivity index (χ1n) is 15.7. The first kappa shape index (κ1) is 25.2. The number of pyridine rings is 2. The Morgan fingerprint density at radius 2 is 0.913 bits per heavy atom. The summed E-state index contributed by atoms with van der Waals surface area (Å²) in [5.74, 6) is 0. The maximum atomic E-state index is 5.17. The normalized spacial score (nSPS) is 11.9. The van der Waals surface area contributed by atoms with Crippen LogP contribution < -0.4 is 0 Å². The molecule has 0 atom stereocenters. The fourth-order valence-corrected chi connectivity index (χ4v) is 7.24. The van der Waals surface area contributed by atoms with E-state index in [-0.39, 0.29) is 0 Å². The Bertz CT molecular complexity index is 2800. The van der Waals surface area contributed by atoms with Crippen LogP contribution in [0.4, 0.5) is 0 Å². The molecule has 0 aliphatic heterocycles. The van der Waals surface area contributed by atoms with E-state index < -0.39 is 0 Å². The van der Waals surface area contributed by atoms with E-state index in [1.807, 2.05) is 0 Å². The zero-order valence-corrected chi connectivity index (χ0v) is 24.9. The van der Waals surface area contributed by atoms with Crippen molar-refractivity contribution in [2.75, 3.05) is 0 Å². The van der Waals surface area contributed by atoms with E-state index in [1.54, 1.807) is 0 Å². The third-order valence-electron chi connectivity index (χ3n) is 9.54. The number of aromatic nitrogens is 2. The van der Waals surface area contributed by atoms with Gasteiger partial charge in [0, 0.05) is 21.9 Å². The van der Waals surface area contributed by atoms with Crippen molar-refractivity contribution in [1.82, 2.24) is 9.97 Å². The lowest BCUT2D eigenvalue weighted by molar-refractivity contribution is 1.40. The predicted octanol–water partition coefficient (Wildman–Crippen LogP) is 11.8. The van der Waals surface area contributed by atoms with Crippen molar-refractivity contribution in [2.24, 2.45) is 0 Å². The lowest BCUT2D eigenvalue weighted by Crippen LogP contribution is -1.90.